The fraction of sp³-hybridized carbons (Fsp3) is 0.357. The minimum absolute atomic E-state index is 0.316. The van der Waals surface area contributed by atoms with Crippen LogP contribution in [0, 0.1) is 11.3 Å². The molecule has 1 aliphatic carbocycles. The first-order valence-electron chi connectivity index (χ1n) is 6.83. The molecule has 108 valence electrons. The highest BCUT2D eigenvalue weighted by molar-refractivity contribution is 7.16. The number of nitrogens with one attached hydrogen (secondary N) is 1. The summed E-state index contributed by atoms with van der Waals surface area (Å²) >= 11 is 1.49. The number of rotatable bonds is 3. The van der Waals surface area contributed by atoms with Crippen LogP contribution in [0.1, 0.15) is 39.8 Å². The number of nitrogens with zero attached hydrogens (tertiary/aromatic N) is 3. The van der Waals surface area contributed by atoms with Gasteiger partial charge in [0.25, 0.3) is 5.91 Å². The number of carbonyl (C=O) groups is 1. The summed E-state index contributed by atoms with van der Waals surface area (Å²) in [5.41, 5.74) is 8.19. The topological polar surface area (TPSA) is 96.7 Å². The second-order valence-electron chi connectivity index (χ2n) is 4.89. The van der Waals surface area contributed by atoms with Gasteiger partial charge in [0.05, 0.1) is 17.4 Å². The third-order valence-electron chi connectivity index (χ3n) is 3.64. The molecular weight excluding hydrogens is 286 g/mol. The quantitative estimate of drug-likeness (QED) is 0.907. The zero-order chi connectivity index (χ0) is 15.0. The van der Waals surface area contributed by atoms with Crippen molar-refractivity contribution in [2.24, 2.45) is 0 Å². The first-order valence-corrected chi connectivity index (χ1v) is 7.64. The first kappa shape index (κ1) is 13.6. The van der Waals surface area contributed by atoms with E-state index in [4.69, 9.17) is 5.73 Å². The number of hydrogen-bond acceptors (Lipinski definition) is 5. The Hall–Kier alpha value is -2.33. The number of aromatic nitrogens is 2. The van der Waals surface area contributed by atoms with Crippen LogP contribution in [-0.4, -0.2) is 15.7 Å². The van der Waals surface area contributed by atoms with Crippen molar-refractivity contribution in [2.75, 3.05) is 11.1 Å². The lowest BCUT2D eigenvalue weighted by atomic mass is 10.1. The van der Waals surface area contributed by atoms with Crippen molar-refractivity contribution < 1.29 is 4.79 Å². The van der Waals surface area contributed by atoms with E-state index in [9.17, 15) is 10.1 Å². The Morgan fingerprint density at radius 1 is 1.62 bits per heavy atom. The number of thiophene rings is 1. The fourth-order valence-corrected chi connectivity index (χ4v) is 3.90. The summed E-state index contributed by atoms with van der Waals surface area (Å²) in [6.45, 7) is 2.45. The molecule has 0 atom stereocenters. The lowest BCUT2D eigenvalue weighted by Gasteiger charge is -2.07. The van der Waals surface area contributed by atoms with Crippen molar-refractivity contribution >= 4 is 27.9 Å². The standard InChI is InChI=1S/C14H15N5OS/c1-2-19-12(10(16)7-17-19)13(20)18-14-9(6-15)8-4-3-5-11(8)21-14/h7H,2-5,16H2,1H3,(H,18,20). The minimum Gasteiger partial charge on any atom is -0.396 e. The molecule has 6 nitrogen and oxygen atoms in total. The van der Waals surface area contributed by atoms with E-state index < -0.39 is 0 Å². The lowest BCUT2D eigenvalue weighted by molar-refractivity contribution is 0.101. The number of amides is 1. The molecule has 0 bridgehead atoms. The van der Waals surface area contributed by atoms with E-state index >= 15 is 0 Å². The van der Waals surface area contributed by atoms with E-state index in [2.05, 4.69) is 16.5 Å². The van der Waals surface area contributed by atoms with Gasteiger partial charge in [0, 0.05) is 11.4 Å². The molecule has 0 radical (unpaired) electrons. The molecule has 2 aromatic rings. The number of nitriles is 1. The molecule has 3 rings (SSSR count). The number of nitrogens with two attached hydrogens (primary N) is 1. The number of carbonyl (C=O) groups excluding carboxylic acids is 1. The van der Waals surface area contributed by atoms with Crippen LogP contribution in [0.15, 0.2) is 6.20 Å². The van der Waals surface area contributed by atoms with Crippen LogP contribution in [0.2, 0.25) is 0 Å². The summed E-state index contributed by atoms with van der Waals surface area (Å²) in [7, 11) is 0. The van der Waals surface area contributed by atoms with E-state index in [0.717, 1.165) is 24.8 Å². The summed E-state index contributed by atoms with van der Waals surface area (Å²) in [5, 5.41) is 16.8. The van der Waals surface area contributed by atoms with Crippen LogP contribution < -0.4 is 11.1 Å². The van der Waals surface area contributed by atoms with Gasteiger partial charge in [-0.25, -0.2) is 0 Å². The zero-order valence-electron chi connectivity index (χ0n) is 11.6. The molecule has 0 aromatic carbocycles. The molecule has 2 aromatic heterocycles. The molecule has 0 saturated heterocycles. The van der Waals surface area contributed by atoms with Gasteiger partial charge in [-0.3, -0.25) is 9.48 Å². The van der Waals surface area contributed by atoms with Crippen LogP contribution >= 0.6 is 11.3 Å². The van der Waals surface area contributed by atoms with Crippen LogP contribution in [0.25, 0.3) is 0 Å². The van der Waals surface area contributed by atoms with E-state index in [0.29, 0.717) is 28.5 Å². The van der Waals surface area contributed by atoms with E-state index in [1.165, 1.54) is 22.4 Å². The van der Waals surface area contributed by atoms with Crippen molar-refractivity contribution in [1.29, 1.82) is 5.26 Å². The molecule has 0 fully saturated rings. The second-order valence-corrected chi connectivity index (χ2v) is 6.00. The normalized spacial score (nSPS) is 13.0. The Morgan fingerprint density at radius 3 is 3.14 bits per heavy atom. The van der Waals surface area contributed by atoms with Crippen LogP contribution in [-0.2, 0) is 19.4 Å². The van der Waals surface area contributed by atoms with Gasteiger partial charge in [-0.2, -0.15) is 10.4 Å². The average molecular weight is 301 g/mol. The molecule has 7 heteroatoms. The van der Waals surface area contributed by atoms with Crippen molar-refractivity contribution in [1.82, 2.24) is 9.78 Å². The third-order valence-corrected chi connectivity index (χ3v) is 4.85. The molecule has 21 heavy (non-hydrogen) atoms. The lowest BCUT2D eigenvalue weighted by Crippen LogP contribution is -2.18. The fourth-order valence-electron chi connectivity index (χ4n) is 2.66. The maximum Gasteiger partial charge on any atom is 0.276 e. The molecule has 0 saturated carbocycles. The van der Waals surface area contributed by atoms with Crippen molar-refractivity contribution in [2.45, 2.75) is 32.7 Å². The second kappa shape index (κ2) is 5.22. The molecule has 2 heterocycles. The van der Waals surface area contributed by atoms with Crippen molar-refractivity contribution in [3.05, 3.63) is 27.9 Å². The van der Waals surface area contributed by atoms with Gasteiger partial charge in [-0.15, -0.1) is 11.3 Å². The van der Waals surface area contributed by atoms with Gasteiger partial charge in [0.2, 0.25) is 0 Å². The van der Waals surface area contributed by atoms with E-state index in [1.807, 2.05) is 6.92 Å². The van der Waals surface area contributed by atoms with E-state index in [1.54, 1.807) is 4.68 Å². The smallest absolute Gasteiger partial charge is 0.276 e. The predicted molar refractivity (Wildman–Crippen MR) is 81.3 cm³/mol. The van der Waals surface area contributed by atoms with Gasteiger partial charge >= 0.3 is 0 Å². The molecule has 1 amide bonds. The zero-order valence-corrected chi connectivity index (χ0v) is 12.5. The highest BCUT2D eigenvalue weighted by Gasteiger charge is 2.24. The van der Waals surface area contributed by atoms with Crippen molar-refractivity contribution in [3.63, 3.8) is 0 Å². The van der Waals surface area contributed by atoms with Gasteiger partial charge in [-0.1, -0.05) is 0 Å². The molecule has 0 unspecified atom stereocenters. The maximum atomic E-state index is 12.4. The number of fused-ring (bicyclic) bond motifs is 1. The Bertz CT molecular complexity index is 752. The Morgan fingerprint density at radius 2 is 2.43 bits per heavy atom. The number of aryl methyl sites for hydroxylation is 2. The molecule has 3 N–H and O–H groups in total. The van der Waals surface area contributed by atoms with Crippen molar-refractivity contribution in [3.8, 4) is 6.07 Å². The summed E-state index contributed by atoms with van der Waals surface area (Å²) in [6, 6.07) is 2.21. The maximum absolute atomic E-state index is 12.4. The summed E-state index contributed by atoms with van der Waals surface area (Å²) in [5.74, 6) is -0.316. The first-order chi connectivity index (χ1) is 10.2. The number of anilines is 2. The Balaban J connectivity index is 1.92. The minimum atomic E-state index is -0.316. The average Bonchev–Trinajstić information content (AvgIpc) is 3.12. The van der Waals surface area contributed by atoms with Gasteiger partial charge in [0.15, 0.2) is 0 Å². The number of nitrogen functional groups attached to an aromatic ring is 1. The summed E-state index contributed by atoms with van der Waals surface area (Å²) in [6.07, 6.45) is 4.46. The Kier molecular flexibility index (Phi) is 3.39. The summed E-state index contributed by atoms with van der Waals surface area (Å²) < 4.78 is 1.55. The molecule has 0 spiro atoms. The third kappa shape index (κ3) is 2.17. The SMILES string of the molecule is CCn1ncc(N)c1C(=O)Nc1sc2c(c1C#N)CCC2. The van der Waals surface area contributed by atoms with Gasteiger partial charge in [0.1, 0.15) is 16.8 Å². The molecular formula is C14H15N5OS. The van der Waals surface area contributed by atoms with Crippen LogP contribution in [0.4, 0.5) is 10.7 Å². The van der Waals surface area contributed by atoms with Crippen LogP contribution in [0.3, 0.4) is 0 Å². The predicted octanol–water partition coefficient (Wildman–Crippen LogP) is 2.16. The number of hydrogen-bond donors (Lipinski definition) is 2. The van der Waals surface area contributed by atoms with Crippen LogP contribution in [0.5, 0.6) is 0 Å². The van der Waals surface area contributed by atoms with Gasteiger partial charge in [-0.05, 0) is 31.7 Å². The van der Waals surface area contributed by atoms with E-state index in [-0.39, 0.29) is 5.91 Å². The van der Waals surface area contributed by atoms with Gasteiger partial charge < -0.3 is 11.1 Å². The summed E-state index contributed by atoms with van der Waals surface area (Å²) in [4.78, 5) is 13.6. The highest BCUT2D eigenvalue weighted by Crippen LogP contribution is 2.38. The monoisotopic (exact) mass is 301 g/mol. The molecule has 0 aliphatic heterocycles. The Labute approximate surface area is 126 Å². The largest absolute Gasteiger partial charge is 0.396 e. The highest BCUT2D eigenvalue weighted by atomic mass is 32.1. The molecule has 1 aliphatic rings.